The van der Waals surface area contributed by atoms with E-state index in [2.05, 4.69) is 20.5 Å². The van der Waals surface area contributed by atoms with Crippen molar-refractivity contribution < 1.29 is 18.7 Å². The molecule has 40 heavy (non-hydrogen) atoms. The first-order chi connectivity index (χ1) is 19.5. The van der Waals surface area contributed by atoms with Crippen LogP contribution in [0.1, 0.15) is 21.1 Å². The number of thiazole rings is 1. The highest BCUT2D eigenvalue weighted by atomic mass is 35.5. The third kappa shape index (κ3) is 6.28. The minimum Gasteiger partial charge on any atom is -0.493 e. The second-order valence-electron chi connectivity index (χ2n) is 8.33. The standard InChI is InChI=1S/C27H23Cl2N5O4S2/c1-36-21-8-5-16(12-23(21)37-2)9-10-30-26(35)20-14-39-24(31-20)15-40-27-33-32-25(22-4-3-11-38-22)34(27)17-6-7-18(28)19(29)13-17/h3-8,11-14H,9-10,15H2,1-2H3,(H,30,35). The SMILES string of the molecule is COc1ccc(CCNC(=O)c2csc(CSc3nnc(-c4ccco4)n3-c3ccc(Cl)c(Cl)c3)n2)cc1OC. The first-order valence-electron chi connectivity index (χ1n) is 12.0. The van der Waals surface area contributed by atoms with E-state index in [1.807, 2.05) is 34.9 Å². The van der Waals surface area contributed by atoms with Crippen molar-refractivity contribution in [3.63, 3.8) is 0 Å². The molecule has 1 N–H and O–H groups in total. The Morgan fingerprint density at radius 2 is 1.93 bits per heavy atom. The van der Waals surface area contributed by atoms with Gasteiger partial charge in [-0.1, -0.05) is 41.0 Å². The van der Waals surface area contributed by atoms with Gasteiger partial charge in [-0.15, -0.1) is 21.5 Å². The Kier molecular flexibility index (Phi) is 8.95. The molecule has 206 valence electrons. The second kappa shape index (κ2) is 12.8. The van der Waals surface area contributed by atoms with Crippen molar-refractivity contribution in [1.29, 1.82) is 0 Å². The van der Waals surface area contributed by atoms with Crippen LogP contribution in [0.15, 0.2) is 69.7 Å². The molecular formula is C27H23Cl2N5O4S2. The Morgan fingerprint density at radius 1 is 1.07 bits per heavy atom. The van der Waals surface area contributed by atoms with Crippen LogP contribution in [0.5, 0.6) is 11.5 Å². The Morgan fingerprint density at radius 3 is 2.67 bits per heavy atom. The van der Waals surface area contributed by atoms with E-state index in [9.17, 15) is 4.79 Å². The molecule has 0 atom stereocenters. The van der Waals surface area contributed by atoms with Gasteiger partial charge in [-0.2, -0.15) is 0 Å². The third-order valence-corrected chi connectivity index (χ3v) is 8.50. The van der Waals surface area contributed by atoms with Crippen LogP contribution < -0.4 is 14.8 Å². The average molecular weight is 617 g/mol. The summed E-state index contributed by atoms with van der Waals surface area (Å²) in [6.07, 6.45) is 2.22. The Labute approximate surface area is 248 Å². The summed E-state index contributed by atoms with van der Waals surface area (Å²) in [5.74, 6) is 2.66. The lowest BCUT2D eigenvalue weighted by Crippen LogP contribution is -2.26. The molecule has 0 unspecified atom stereocenters. The number of thioether (sulfide) groups is 1. The molecule has 0 saturated carbocycles. The van der Waals surface area contributed by atoms with Crippen molar-refractivity contribution >= 4 is 52.2 Å². The normalized spacial score (nSPS) is 11.0. The zero-order chi connectivity index (χ0) is 28.1. The van der Waals surface area contributed by atoms with Crippen LogP contribution in [-0.2, 0) is 12.2 Å². The number of benzene rings is 2. The van der Waals surface area contributed by atoms with Gasteiger partial charge in [0, 0.05) is 11.9 Å². The quantitative estimate of drug-likeness (QED) is 0.166. The molecule has 0 saturated heterocycles. The summed E-state index contributed by atoms with van der Waals surface area (Å²) < 4.78 is 18.0. The highest BCUT2D eigenvalue weighted by Gasteiger charge is 2.20. The average Bonchev–Trinajstić information content (AvgIpc) is 3.74. The summed E-state index contributed by atoms with van der Waals surface area (Å²) in [6, 6.07) is 14.6. The van der Waals surface area contributed by atoms with E-state index in [1.165, 1.54) is 23.1 Å². The molecule has 0 aliphatic carbocycles. The van der Waals surface area contributed by atoms with Crippen molar-refractivity contribution in [3.05, 3.63) is 86.5 Å². The van der Waals surface area contributed by atoms with Crippen LogP contribution in [0, 0.1) is 0 Å². The summed E-state index contributed by atoms with van der Waals surface area (Å²) >= 11 is 15.3. The molecular weight excluding hydrogens is 593 g/mol. The van der Waals surface area contributed by atoms with Crippen LogP contribution in [0.3, 0.4) is 0 Å². The fraction of sp³-hybridized carbons (Fsp3) is 0.185. The predicted molar refractivity (Wildman–Crippen MR) is 156 cm³/mol. The minimum atomic E-state index is -0.230. The number of hydrogen-bond acceptors (Lipinski definition) is 9. The fourth-order valence-corrected chi connectivity index (χ4v) is 5.88. The molecule has 5 aromatic rings. The number of nitrogens with one attached hydrogen (secondary N) is 1. The molecule has 1 amide bonds. The van der Waals surface area contributed by atoms with Crippen molar-refractivity contribution in [2.24, 2.45) is 0 Å². The number of carbonyl (C=O) groups excluding carboxylic acids is 1. The smallest absolute Gasteiger partial charge is 0.270 e. The van der Waals surface area contributed by atoms with Crippen LogP contribution in [0.25, 0.3) is 17.3 Å². The fourth-order valence-electron chi connectivity index (χ4n) is 3.84. The summed E-state index contributed by atoms with van der Waals surface area (Å²) in [4.78, 5) is 17.2. The first kappa shape index (κ1) is 28.0. The zero-order valence-electron chi connectivity index (χ0n) is 21.4. The molecule has 3 heterocycles. The molecule has 9 nitrogen and oxygen atoms in total. The molecule has 0 bridgehead atoms. The zero-order valence-corrected chi connectivity index (χ0v) is 24.5. The molecule has 3 aromatic heterocycles. The molecule has 0 spiro atoms. The van der Waals surface area contributed by atoms with Crippen LogP contribution in [0.2, 0.25) is 10.0 Å². The second-order valence-corrected chi connectivity index (χ2v) is 11.0. The van der Waals surface area contributed by atoms with Crippen molar-refractivity contribution in [2.45, 2.75) is 17.3 Å². The number of aromatic nitrogens is 4. The van der Waals surface area contributed by atoms with Gasteiger partial charge >= 0.3 is 0 Å². The maximum absolute atomic E-state index is 12.7. The van der Waals surface area contributed by atoms with Crippen LogP contribution in [-0.4, -0.2) is 46.4 Å². The Hall–Kier alpha value is -3.51. The van der Waals surface area contributed by atoms with Gasteiger partial charge < -0.3 is 19.2 Å². The number of furan rings is 1. The van der Waals surface area contributed by atoms with E-state index >= 15 is 0 Å². The molecule has 5 rings (SSSR count). The topological polar surface area (TPSA) is 104 Å². The van der Waals surface area contributed by atoms with E-state index in [-0.39, 0.29) is 5.91 Å². The molecule has 2 aromatic carbocycles. The number of halogens is 2. The van der Waals surface area contributed by atoms with Gasteiger partial charge in [-0.3, -0.25) is 9.36 Å². The number of carbonyl (C=O) groups is 1. The lowest BCUT2D eigenvalue weighted by atomic mass is 10.1. The largest absolute Gasteiger partial charge is 0.493 e. The number of hydrogen-bond donors (Lipinski definition) is 1. The number of amides is 1. The maximum Gasteiger partial charge on any atom is 0.270 e. The van der Waals surface area contributed by atoms with Gasteiger partial charge in [0.25, 0.3) is 5.91 Å². The monoisotopic (exact) mass is 615 g/mol. The summed E-state index contributed by atoms with van der Waals surface area (Å²) in [5.41, 5.74) is 2.13. The third-order valence-electron chi connectivity index (χ3n) is 5.79. The van der Waals surface area contributed by atoms with Gasteiger partial charge in [-0.05, 0) is 54.4 Å². The summed E-state index contributed by atoms with van der Waals surface area (Å²) in [6.45, 7) is 0.457. The Bertz CT molecular complexity index is 1620. The number of nitrogens with zero attached hydrogens (tertiary/aromatic N) is 4. The van der Waals surface area contributed by atoms with Crippen molar-refractivity contribution in [3.8, 4) is 28.8 Å². The van der Waals surface area contributed by atoms with E-state index in [0.717, 1.165) is 16.3 Å². The molecule has 0 aliphatic heterocycles. The van der Waals surface area contributed by atoms with E-state index in [4.69, 9.17) is 37.1 Å². The minimum absolute atomic E-state index is 0.230. The summed E-state index contributed by atoms with van der Waals surface area (Å²) in [7, 11) is 3.19. The molecule has 0 radical (unpaired) electrons. The molecule has 0 fully saturated rings. The number of ether oxygens (including phenoxy) is 2. The maximum atomic E-state index is 12.7. The first-order valence-corrected chi connectivity index (χ1v) is 14.6. The van der Waals surface area contributed by atoms with E-state index < -0.39 is 0 Å². The van der Waals surface area contributed by atoms with E-state index in [0.29, 0.717) is 62.7 Å². The Balaban J connectivity index is 1.24. The predicted octanol–water partition coefficient (Wildman–Crippen LogP) is 6.57. The lowest BCUT2D eigenvalue weighted by molar-refractivity contribution is 0.0949. The highest BCUT2D eigenvalue weighted by molar-refractivity contribution is 7.98. The van der Waals surface area contributed by atoms with Gasteiger partial charge in [-0.25, -0.2) is 4.98 Å². The van der Waals surface area contributed by atoms with Gasteiger partial charge in [0.15, 0.2) is 22.4 Å². The lowest BCUT2D eigenvalue weighted by Gasteiger charge is -2.10. The van der Waals surface area contributed by atoms with Gasteiger partial charge in [0.2, 0.25) is 5.82 Å². The van der Waals surface area contributed by atoms with Gasteiger partial charge in [0.1, 0.15) is 10.7 Å². The molecule has 13 heteroatoms. The highest BCUT2D eigenvalue weighted by Crippen LogP contribution is 2.33. The van der Waals surface area contributed by atoms with Crippen LogP contribution in [0.4, 0.5) is 0 Å². The summed E-state index contributed by atoms with van der Waals surface area (Å²) in [5, 5.41) is 15.6. The number of rotatable bonds is 11. The number of methoxy groups -OCH3 is 2. The van der Waals surface area contributed by atoms with E-state index in [1.54, 1.807) is 44.1 Å². The van der Waals surface area contributed by atoms with Gasteiger partial charge in [0.05, 0.1) is 42.0 Å². The van der Waals surface area contributed by atoms with Crippen molar-refractivity contribution in [1.82, 2.24) is 25.1 Å². The van der Waals surface area contributed by atoms with Crippen LogP contribution >= 0.6 is 46.3 Å². The molecule has 0 aliphatic rings. The van der Waals surface area contributed by atoms with Crippen molar-refractivity contribution in [2.75, 3.05) is 20.8 Å².